The maximum absolute atomic E-state index is 14.1. The van der Waals surface area contributed by atoms with Gasteiger partial charge in [-0.2, -0.15) is 0 Å². The number of benzene rings is 7. The molecule has 0 aliphatic carbocycles. The van der Waals surface area contributed by atoms with Gasteiger partial charge in [-0.1, -0.05) is 196 Å². The van der Waals surface area contributed by atoms with Crippen LogP contribution in [-0.4, -0.2) is 22.6 Å². The Bertz CT molecular complexity index is 3700. The van der Waals surface area contributed by atoms with Crippen molar-refractivity contribution >= 4 is 46.2 Å². The first-order valence-corrected chi connectivity index (χ1v) is 28.7. The Kier molecular flexibility index (Phi) is 13.8. The normalized spacial score (nSPS) is 13.0. The number of aryl methyl sites for hydroxylation is 1. The van der Waals surface area contributed by atoms with Crippen LogP contribution in [0.25, 0.3) is 83.6 Å². The van der Waals surface area contributed by atoms with Crippen molar-refractivity contribution < 1.29 is 33.0 Å². The molecule has 1 radical (unpaired) electrons. The Morgan fingerprint density at radius 3 is 1.93 bits per heavy atom. The van der Waals surface area contributed by atoms with Crippen LogP contribution in [0.1, 0.15) is 113 Å². The van der Waals surface area contributed by atoms with Crippen LogP contribution in [-0.2, 0) is 30.9 Å². The molecule has 3 aromatic heterocycles. The van der Waals surface area contributed by atoms with Crippen LogP contribution in [0.4, 0.5) is 4.39 Å². The molecular weight excluding hydrogens is 1090 g/mol. The molecule has 0 spiro atoms. The molecule has 0 N–H and O–H groups in total. The fraction of sp³-hybridized carbons (Fsp3) is 0.273. The van der Waals surface area contributed by atoms with Gasteiger partial charge in [0.2, 0.25) is 0 Å². The van der Waals surface area contributed by atoms with Crippen molar-refractivity contribution in [2.24, 2.45) is 0 Å². The first-order chi connectivity index (χ1) is 35.3. The average Bonchev–Trinajstić information content (AvgIpc) is 3.94. The summed E-state index contributed by atoms with van der Waals surface area (Å²) in [6, 6.07) is 55.1. The van der Waals surface area contributed by atoms with E-state index in [1.165, 1.54) is 51.0 Å². The van der Waals surface area contributed by atoms with Crippen LogP contribution >= 0.6 is 0 Å². The van der Waals surface area contributed by atoms with Gasteiger partial charge in [0.25, 0.3) is 0 Å². The van der Waals surface area contributed by atoms with Gasteiger partial charge < -0.3 is 14.0 Å². The Labute approximate surface area is 451 Å². The van der Waals surface area contributed by atoms with Gasteiger partial charge in [0.1, 0.15) is 5.58 Å². The minimum absolute atomic E-state index is 0. The van der Waals surface area contributed by atoms with Gasteiger partial charge in [-0.25, -0.2) is 0 Å². The van der Waals surface area contributed by atoms with Crippen molar-refractivity contribution in [3.05, 3.63) is 191 Å². The fourth-order valence-electron chi connectivity index (χ4n) is 9.71. The van der Waals surface area contributed by atoms with Crippen LogP contribution in [0, 0.1) is 24.8 Å². The van der Waals surface area contributed by atoms with E-state index in [0.29, 0.717) is 22.4 Å². The Hall–Kier alpha value is -6.24. The molecule has 10 rings (SSSR count). The summed E-state index contributed by atoms with van der Waals surface area (Å²) >= 11 is 0. The number of halogens is 1. The maximum Gasteiger partial charge on any atom is 0.121 e. The van der Waals surface area contributed by atoms with E-state index in [4.69, 9.17) is 13.5 Å². The van der Waals surface area contributed by atoms with Crippen molar-refractivity contribution in [2.45, 2.75) is 118 Å². The molecule has 0 unspecified atom stereocenters. The number of hydrogen-bond donors (Lipinski definition) is 0. The molecule has 0 saturated carbocycles. The summed E-state index contributed by atoms with van der Waals surface area (Å²) in [6.07, 6.45) is 1.41. The first kappa shape index (κ1) is 49.0. The summed E-state index contributed by atoms with van der Waals surface area (Å²) in [6.45, 7) is 25.9. The van der Waals surface area contributed by atoms with Gasteiger partial charge in [0.15, 0.2) is 0 Å². The van der Waals surface area contributed by atoms with Crippen LogP contribution in [0.3, 0.4) is 0 Å². The number of pyridine rings is 1. The topological polar surface area (TPSA) is 43.9 Å². The van der Waals surface area contributed by atoms with E-state index in [1.807, 2.05) is 53.7 Å². The minimum atomic E-state index is -2.22. The molecule has 0 aliphatic rings. The third-order valence-electron chi connectivity index (χ3n) is 13.7. The zero-order chi connectivity index (χ0) is 53.9. The molecule has 0 aliphatic heterocycles. The standard InChI is InChI=1S/C46H43N2OSi.C20H25FN.Ir/c1-29(2)39-26-34(32-20-23-35(24-21-32)50(5,6)7)27-40(30(3)4)44(39)48-42-19-12-11-18-41(42)47-46(48)38-17-13-16-37-36-25-22-33(28-43(36)49-45(37)38)31-14-9-8-10-15-31;1-13-12-22-18(11-15(13)19(2,3)4)14-8-9-17(21)16(10-14)20(5,6)7;/h8-16,18-30H,1-7H3;9-12H,1-7H3;/q2*-1;/i;1D3;. The van der Waals surface area contributed by atoms with Crippen LogP contribution in [0.15, 0.2) is 150 Å². The Balaban J connectivity index is 0.000000249. The molecule has 0 atom stereocenters. The second-order valence-corrected chi connectivity index (χ2v) is 28.0. The van der Waals surface area contributed by atoms with Crippen molar-refractivity contribution in [1.82, 2.24) is 14.5 Å². The minimum Gasteiger partial charge on any atom is -0.501 e. The van der Waals surface area contributed by atoms with Gasteiger partial charge in [0.05, 0.1) is 30.5 Å². The summed E-state index contributed by atoms with van der Waals surface area (Å²) in [5.41, 5.74) is 15.3. The third kappa shape index (κ3) is 10.7. The molecule has 7 heteroatoms. The fourth-order valence-corrected chi connectivity index (χ4v) is 10.9. The largest absolute Gasteiger partial charge is 0.501 e. The maximum atomic E-state index is 14.1. The van der Waals surface area contributed by atoms with E-state index in [-0.39, 0.29) is 54.2 Å². The number of hydrogen-bond acceptors (Lipinski definition) is 3. The smallest absolute Gasteiger partial charge is 0.121 e. The molecule has 3 heterocycles. The SMILES string of the molecule is CC(C)c1cc(-c2ccc([Si](C)(C)C)cc2)cc(C(C)C)c1-n1c(-c2[c-]ccc3c2oc2cc(-c4ccccc4)ccc23)nc2ccccc21.[2H]C([2H])([2H])c1cnc(-c2[c-]cc(F)c(C(C)(C)C)c2)cc1C(C)(C)C.[Ir]. The quantitative estimate of drug-likeness (QED) is 0.112. The van der Waals surface area contributed by atoms with E-state index in [1.54, 1.807) is 12.1 Å². The van der Waals surface area contributed by atoms with E-state index < -0.39 is 14.9 Å². The number of fused-ring (bicyclic) bond motifs is 4. The van der Waals surface area contributed by atoms with Gasteiger partial charge in [-0.3, -0.25) is 9.37 Å². The first-order valence-electron chi connectivity index (χ1n) is 26.7. The number of nitrogens with zero attached hydrogens (tertiary/aromatic N) is 3. The predicted octanol–water partition coefficient (Wildman–Crippen LogP) is 18.1. The zero-order valence-corrected chi connectivity index (χ0v) is 47.9. The second-order valence-electron chi connectivity index (χ2n) is 22.9. The van der Waals surface area contributed by atoms with Crippen LogP contribution in [0.5, 0.6) is 0 Å². The number of aromatic nitrogens is 3. The number of rotatable bonds is 8. The van der Waals surface area contributed by atoms with Crippen LogP contribution in [0.2, 0.25) is 19.6 Å². The van der Waals surface area contributed by atoms with Gasteiger partial charge in [-0.05, 0) is 110 Å². The third-order valence-corrected chi connectivity index (χ3v) is 15.8. The molecule has 0 amide bonds. The van der Waals surface area contributed by atoms with Crippen molar-refractivity contribution in [3.8, 4) is 50.6 Å². The average molecular weight is 1160 g/mol. The summed E-state index contributed by atoms with van der Waals surface area (Å²) < 4.78 is 46.5. The van der Waals surface area contributed by atoms with E-state index >= 15 is 0 Å². The molecule has 0 saturated heterocycles. The molecule has 0 bridgehead atoms. The summed E-state index contributed by atoms with van der Waals surface area (Å²) in [5.74, 6) is 1.10. The molecule has 375 valence electrons. The zero-order valence-electron chi connectivity index (χ0n) is 47.5. The second kappa shape index (κ2) is 20.6. The molecule has 4 nitrogen and oxygen atoms in total. The Morgan fingerprint density at radius 1 is 0.671 bits per heavy atom. The summed E-state index contributed by atoms with van der Waals surface area (Å²) in [5, 5.41) is 3.64. The van der Waals surface area contributed by atoms with Crippen molar-refractivity contribution in [1.29, 1.82) is 0 Å². The molecule has 0 fully saturated rings. The van der Waals surface area contributed by atoms with Gasteiger partial charge in [-0.15, -0.1) is 42.0 Å². The summed E-state index contributed by atoms with van der Waals surface area (Å²) in [4.78, 5) is 9.66. The Morgan fingerprint density at radius 2 is 1.30 bits per heavy atom. The van der Waals surface area contributed by atoms with Crippen molar-refractivity contribution in [2.75, 3.05) is 0 Å². The summed E-state index contributed by atoms with van der Waals surface area (Å²) in [7, 11) is -1.40. The monoisotopic (exact) mass is 1160 g/mol. The van der Waals surface area contributed by atoms with E-state index in [0.717, 1.165) is 49.9 Å². The number of imidazole rings is 1. The molecule has 7 aromatic carbocycles. The predicted molar refractivity (Wildman–Crippen MR) is 305 cm³/mol. The molecule has 10 aromatic rings. The van der Waals surface area contributed by atoms with E-state index in [9.17, 15) is 4.39 Å². The van der Waals surface area contributed by atoms with Crippen molar-refractivity contribution in [3.63, 3.8) is 0 Å². The number of furan rings is 1. The molecule has 73 heavy (non-hydrogen) atoms. The van der Waals surface area contributed by atoms with Gasteiger partial charge >= 0.3 is 0 Å². The molecular formula is C66H68FIrN3OSi-2. The number of para-hydroxylation sites is 2. The van der Waals surface area contributed by atoms with Crippen LogP contribution < -0.4 is 5.19 Å². The van der Waals surface area contributed by atoms with E-state index in [2.05, 4.69) is 178 Å². The van der Waals surface area contributed by atoms with Gasteiger partial charge in [0, 0.05) is 47.3 Å².